The molecule has 122 valence electrons. The largest absolute Gasteiger partial charge is 0.508 e. The Morgan fingerprint density at radius 2 is 2.00 bits per heavy atom. The van der Waals surface area contributed by atoms with Gasteiger partial charge in [0.25, 0.3) is 0 Å². The van der Waals surface area contributed by atoms with Crippen LogP contribution in [0.25, 0.3) is 0 Å². The molecule has 1 amide bonds. The summed E-state index contributed by atoms with van der Waals surface area (Å²) in [6.45, 7) is 7.64. The number of carbonyl (C=O) groups is 1. The SMILES string of the molecule is CC(NC1CC(NC(=O)OC(C)(C)C)C1)c1cccc(O)c1. The molecule has 3 N–H and O–H groups in total. The fourth-order valence-corrected chi connectivity index (χ4v) is 2.59. The van der Waals surface area contributed by atoms with Gasteiger partial charge in [0.05, 0.1) is 0 Å². The maximum Gasteiger partial charge on any atom is 0.407 e. The second-order valence-electron chi connectivity index (χ2n) is 6.99. The number of phenolic OH excluding ortho intramolecular Hbond substituents is 1. The molecule has 0 saturated heterocycles. The summed E-state index contributed by atoms with van der Waals surface area (Å²) in [5.74, 6) is 0.282. The first-order chi connectivity index (χ1) is 10.2. The van der Waals surface area contributed by atoms with Crippen molar-refractivity contribution in [2.45, 2.75) is 64.3 Å². The van der Waals surface area contributed by atoms with Crippen molar-refractivity contribution in [2.75, 3.05) is 0 Å². The van der Waals surface area contributed by atoms with Crippen molar-refractivity contribution < 1.29 is 14.6 Å². The number of carbonyl (C=O) groups excluding carboxylic acids is 1. The van der Waals surface area contributed by atoms with E-state index in [1.54, 1.807) is 12.1 Å². The van der Waals surface area contributed by atoms with Crippen LogP contribution in [0.3, 0.4) is 0 Å². The molecule has 0 heterocycles. The molecule has 22 heavy (non-hydrogen) atoms. The molecule has 1 unspecified atom stereocenters. The zero-order valence-corrected chi connectivity index (χ0v) is 13.7. The summed E-state index contributed by atoms with van der Waals surface area (Å²) < 4.78 is 5.24. The van der Waals surface area contributed by atoms with Gasteiger partial charge in [-0.2, -0.15) is 0 Å². The first kappa shape index (κ1) is 16.6. The van der Waals surface area contributed by atoms with Crippen LogP contribution in [0.4, 0.5) is 4.79 Å². The predicted molar refractivity (Wildman–Crippen MR) is 85.8 cm³/mol. The first-order valence-corrected chi connectivity index (χ1v) is 7.77. The molecule has 0 aromatic heterocycles. The van der Waals surface area contributed by atoms with E-state index >= 15 is 0 Å². The molecule has 1 aromatic rings. The van der Waals surface area contributed by atoms with Gasteiger partial charge in [-0.25, -0.2) is 4.79 Å². The van der Waals surface area contributed by atoms with E-state index < -0.39 is 5.60 Å². The van der Waals surface area contributed by atoms with Crippen LogP contribution < -0.4 is 10.6 Å². The number of ether oxygens (including phenoxy) is 1. The number of aromatic hydroxyl groups is 1. The Morgan fingerprint density at radius 1 is 1.32 bits per heavy atom. The summed E-state index contributed by atoms with van der Waals surface area (Å²) >= 11 is 0. The van der Waals surface area contributed by atoms with Crippen LogP contribution in [0.2, 0.25) is 0 Å². The summed E-state index contributed by atoms with van der Waals surface area (Å²) in [6.07, 6.45) is 1.43. The van der Waals surface area contributed by atoms with Gasteiger partial charge in [-0.1, -0.05) is 12.1 Å². The fourth-order valence-electron chi connectivity index (χ4n) is 2.59. The summed E-state index contributed by atoms with van der Waals surface area (Å²) in [5.41, 5.74) is 0.596. The van der Waals surface area contributed by atoms with Crippen molar-refractivity contribution in [3.63, 3.8) is 0 Å². The highest BCUT2D eigenvalue weighted by Crippen LogP contribution is 2.25. The molecule has 1 saturated carbocycles. The second-order valence-corrected chi connectivity index (χ2v) is 6.99. The van der Waals surface area contributed by atoms with E-state index in [0.29, 0.717) is 6.04 Å². The number of hydrogen-bond donors (Lipinski definition) is 3. The maximum atomic E-state index is 11.7. The monoisotopic (exact) mass is 306 g/mol. The molecule has 5 nitrogen and oxygen atoms in total. The van der Waals surface area contributed by atoms with Crippen LogP contribution in [0.5, 0.6) is 5.75 Å². The normalized spacial score (nSPS) is 22.5. The topological polar surface area (TPSA) is 70.6 Å². The number of phenols is 1. The summed E-state index contributed by atoms with van der Waals surface area (Å²) in [6, 6.07) is 7.98. The zero-order valence-electron chi connectivity index (χ0n) is 13.7. The third kappa shape index (κ3) is 4.91. The molecule has 1 aromatic carbocycles. The van der Waals surface area contributed by atoms with Crippen LogP contribution in [0.15, 0.2) is 24.3 Å². The van der Waals surface area contributed by atoms with E-state index in [-0.39, 0.29) is 23.9 Å². The lowest BCUT2D eigenvalue weighted by molar-refractivity contribution is 0.0463. The second kappa shape index (κ2) is 6.57. The Kier molecular flexibility index (Phi) is 4.96. The standard InChI is InChI=1S/C17H26N2O3/c1-11(12-6-5-7-15(20)8-12)18-13-9-14(10-13)19-16(21)22-17(2,3)4/h5-8,11,13-14,18,20H,9-10H2,1-4H3,(H,19,21). The van der Waals surface area contributed by atoms with Crippen molar-refractivity contribution in [1.29, 1.82) is 0 Å². The van der Waals surface area contributed by atoms with Crippen molar-refractivity contribution in [1.82, 2.24) is 10.6 Å². The number of alkyl carbamates (subject to hydrolysis) is 1. The van der Waals surface area contributed by atoms with Crippen molar-refractivity contribution in [2.24, 2.45) is 0 Å². The highest BCUT2D eigenvalue weighted by atomic mass is 16.6. The van der Waals surface area contributed by atoms with Crippen molar-refractivity contribution >= 4 is 6.09 Å². The molecule has 1 atom stereocenters. The van der Waals surface area contributed by atoms with E-state index in [2.05, 4.69) is 17.6 Å². The molecular weight excluding hydrogens is 280 g/mol. The number of rotatable bonds is 4. The highest BCUT2D eigenvalue weighted by Gasteiger charge is 2.32. The lowest BCUT2D eigenvalue weighted by atomic mass is 9.86. The summed E-state index contributed by atoms with van der Waals surface area (Å²) in [4.78, 5) is 11.7. The molecule has 0 spiro atoms. The Bertz CT molecular complexity index is 519. The molecule has 1 fully saturated rings. The number of benzene rings is 1. The van der Waals surface area contributed by atoms with E-state index in [1.165, 1.54) is 0 Å². The molecular formula is C17H26N2O3. The van der Waals surface area contributed by atoms with Crippen LogP contribution >= 0.6 is 0 Å². The molecule has 0 bridgehead atoms. The van der Waals surface area contributed by atoms with E-state index in [9.17, 15) is 9.90 Å². The third-order valence-electron chi connectivity index (χ3n) is 3.71. The summed E-state index contributed by atoms with van der Waals surface area (Å²) in [5, 5.41) is 15.9. The fraction of sp³-hybridized carbons (Fsp3) is 0.588. The smallest absolute Gasteiger partial charge is 0.407 e. The Balaban J connectivity index is 1.72. The van der Waals surface area contributed by atoms with Crippen LogP contribution in [0, 0.1) is 0 Å². The minimum absolute atomic E-state index is 0.166. The van der Waals surface area contributed by atoms with Crippen molar-refractivity contribution in [3.05, 3.63) is 29.8 Å². The molecule has 1 aliphatic rings. The molecule has 0 radical (unpaired) electrons. The maximum absolute atomic E-state index is 11.7. The van der Waals surface area contributed by atoms with Gasteiger partial charge in [-0.05, 0) is 58.2 Å². The van der Waals surface area contributed by atoms with Crippen molar-refractivity contribution in [3.8, 4) is 5.75 Å². The predicted octanol–water partition coefficient (Wildman–Crippen LogP) is 3.10. The molecule has 2 rings (SSSR count). The average molecular weight is 306 g/mol. The van der Waals surface area contributed by atoms with Crippen LogP contribution in [-0.2, 0) is 4.74 Å². The Morgan fingerprint density at radius 3 is 2.59 bits per heavy atom. The van der Waals surface area contributed by atoms with E-state index in [4.69, 9.17) is 4.74 Å². The average Bonchev–Trinajstić information content (AvgIpc) is 2.33. The van der Waals surface area contributed by atoms with E-state index in [0.717, 1.165) is 18.4 Å². The molecule has 1 aliphatic carbocycles. The number of nitrogens with one attached hydrogen (secondary N) is 2. The number of hydrogen-bond acceptors (Lipinski definition) is 4. The van der Waals surface area contributed by atoms with Gasteiger partial charge >= 0.3 is 6.09 Å². The van der Waals surface area contributed by atoms with E-state index in [1.807, 2.05) is 32.9 Å². The van der Waals surface area contributed by atoms with Gasteiger partial charge in [0.1, 0.15) is 11.4 Å². The third-order valence-corrected chi connectivity index (χ3v) is 3.71. The zero-order chi connectivity index (χ0) is 16.3. The highest BCUT2D eigenvalue weighted by molar-refractivity contribution is 5.68. The van der Waals surface area contributed by atoms with Gasteiger partial charge < -0.3 is 20.5 Å². The van der Waals surface area contributed by atoms with Gasteiger partial charge in [0, 0.05) is 18.1 Å². The lowest BCUT2D eigenvalue weighted by Gasteiger charge is -2.38. The molecule has 5 heteroatoms. The lowest BCUT2D eigenvalue weighted by Crippen LogP contribution is -2.53. The quantitative estimate of drug-likeness (QED) is 0.799. The van der Waals surface area contributed by atoms with Gasteiger partial charge in [-0.3, -0.25) is 0 Å². The summed E-state index contributed by atoms with van der Waals surface area (Å²) in [7, 11) is 0. The molecule has 0 aliphatic heterocycles. The minimum Gasteiger partial charge on any atom is -0.508 e. The van der Waals surface area contributed by atoms with Gasteiger partial charge in [0.15, 0.2) is 0 Å². The van der Waals surface area contributed by atoms with Gasteiger partial charge in [0.2, 0.25) is 0 Å². The van der Waals surface area contributed by atoms with Crippen LogP contribution in [-0.4, -0.2) is 28.9 Å². The first-order valence-electron chi connectivity index (χ1n) is 7.77. The Hall–Kier alpha value is -1.75. The number of amides is 1. The minimum atomic E-state index is -0.463. The van der Waals surface area contributed by atoms with Gasteiger partial charge in [-0.15, -0.1) is 0 Å². The Labute approximate surface area is 132 Å². The van der Waals surface area contributed by atoms with Crippen LogP contribution in [0.1, 0.15) is 52.1 Å².